The molecular formula is C34H49FN6O5S. The van der Waals surface area contributed by atoms with Crippen LogP contribution in [0.15, 0.2) is 30.7 Å². The largest absolute Gasteiger partial charge is 0.451 e. The molecule has 2 N–H and O–H groups in total. The smallest absolute Gasteiger partial charge is 0.257 e. The Morgan fingerprint density at radius 2 is 1.83 bits per heavy atom. The number of β-amino-alcohol motifs (C(OH)–C–C–N with tert-alkyl or cyclic N) is 1. The summed E-state index contributed by atoms with van der Waals surface area (Å²) in [5.41, 5.74) is -0.478. The number of likely N-dealkylation sites (tertiary alicyclic amines) is 1. The highest BCUT2D eigenvalue weighted by molar-refractivity contribution is 7.90. The summed E-state index contributed by atoms with van der Waals surface area (Å²) >= 11 is 0. The molecule has 11 nitrogen and oxygen atoms in total. The molecular weight excluding hydrogens is 623 g/mol. The van der Waals surface area contributed by atoms with E-state index >= 15 is 0 Å². The van der Waals surface area contributed by atoms with Crippen molar-refractivity contribution < 1.29 is 27.4 Å². The number of benzene rings is 1. The number of carbonyl (C=O) groups is 1. The fraction of sp³-hybridized carbons (Fsp3) is 0.676. The highest BCUT2D eigenvalue weighted by Crippen LogP contribution is 2.45. The summed E-state index contributed by atoms with van der Waals surface area (Å²) in [6.45, 7) is 10.3. The van der Waals surface area contributed by atoms with E-state index in [1.54, 1.807) is 11.1 Å². The molecule has 1 aromatic heterocycles. The lowest BCUT2D eigenvalue weighted by molar-refractivity contribution is -0.0455. The number of aliphatic hydroxyl groups is 1. The second kappa shape index (κ2) is 13.6. The van der Waals surface area contributed by atoms with Crippen molar-refractivity contribution in [2.24, 2.45) is 5.41 Å². The molecule has 47 heavy (non-hydrogen) atoms. The number of sulfonamides is 1. The van der Waals surface area contributed by atoms with E-state index < -0.39 is 21.4 Å². The number of hydrogen-bond donors (Lipinski definition) is 2. The van der Waals surface area contributed by atoms with E-state index in [2.05, 4.69) is 24.5 Å². The number of nitrogens with one attached hydrogen (secondary N) is 1. The number of carbonyl (C=O) groups excluding carboxylic acids is 1. The molecule has 258 valence electrons. The van der Waals surface area contributed by atoms with E-state index in [4.69, 9.17) is 4.74 Å². The first-order chi connectivity index (χ1) is 22.4. The van der Waals surface area contributed by atoms with Crippen LogP contribution in [-0.4, -0.2) is 101 Å². The van der Waals surface area contributed by atoms with Crippen molar-refractivity contribution in [1.82, 2.24) is 24.5 Å². The quantitative estimate of drug-likeness (QED) is 0.359. The number of anilines is 1. The van der Waals surface area contributed by atoms with Crippen molar-refractivity contribution in [2.75, 3.05) is 44.2 Å². The van der Waals surface area contributed by atoms with E-state index in [1.165, 1.54) is 24.5 Å². The highest BCUT2D eigenvalue weighted by atomic mass is 32.2. The third kappa shape index (κ3) is 7.42. The van der Waals surface area contributed by atoms with Crippen LogP contribution in [0.3, 0.4) is 0 Å². The van der Waals surface area contributed by atoms with Crippen LogP contribution in [0.4, 0.5) is 10.2 Å². The van der Waals surface area contributed by atoms with Crippen LogP contribution >= 0.6 is 0 Å². The minimum Gasteiger partial charge on any atom is -0.451 e. The molecule has 2 saturated carbocycles. The van der Waals surface area contributed by atoms with Crippen LogP contribution in [0.1, 0.15) is 88.9 Å². The van der Waals surface area contributed by atoms with Gasteiger partial charge in [0.05, 0.1) is 22.6 Å². The monoisotopic (exact) mass is 672 g/mol. The summed E-state index contributed by atoms with van der Waals surface area (Å²) in [5, 5.41) is 11.2. The molecule has 2 aliphatic carbocycles. The number of halogens is 1. The minimum absolute atomic E-state index is 0.0504. The van der Waals surface area contributed by atoms with E-state index in [1.807, 2.05) is 20.8 Å². The molecule has 3 heterocycles. The topological polar surface area (TPSA) is 128 Å². The first-order valence-electron chi connectivity index (χ1n) is 17.2. The Morgan fingerprint density at radius 1 is 1.13 bits per heavy atom. The Labute approximate surface area is 277 Å². The van der Waals surface area contributed by atoms with Gasteiger partial charge in [0.15, 0.2) is 11.6 Å². The summed E-state index contributed by atoms with van der Waals surface area (Å²) < 4.78 is 48.5. The molecule has 4 aliphatic rings. The van der Waals surface area contributed by atoms with Gasteiger partial charge in [-0.2, -0.15) is 0 Å². The van der Waals surface area contributed by atoms with Gasteiger partial charge in [0.25, 0.3) is 5.91 Å². The number of rotatable bonds is 11. The normalized spacial score (nSPS) is 25.0. The number of hydrogen-bond acceptors (Lipinski definition) is 9. The van der Waals surface area contributed by atoms with Gasteiger partial charge in [-0.3, -0.25) is 4.79 Å². The maximum absolute atomic E-state index is 14.3. The van der Waals surface area contributed by atoms with E-state index in [0.717, 1.165) is 58.3 Å². The summed E-state index contributed by atoms with van der Waals surface area (Å²) in [5.74, 6) is 0.522. The summed E-state index contributed by atoms with van der Waals surface area (Å²) in [6.07, 6.45) is 10.1. The van der Waals surface area contributed by atoms with Gasteiger partial charge >= 0.3 is 0 Å². The Bertz CT molecular complexity index is 1530. The number of amides is 1. The van der Waals surface area contributed by atoms with Crippen molar-refractivity contribution >= 4 is 21.7 Å². The van der Waals surface area contributed by atoms with Crippen LogP contribution in [0, 0.1) is 11.2 Å². The third-order valence-electron chi connectivity index (χ3n) is 10.8. The molecule has 0 atom stereocenters. The second-order valence-corrected chi connectivity index (χ2v) is 16.5. The summed E-state index contributed by atoms with van der Waals surface area (Å²) in [7, 11) is -3.25. The van der Waals surface area contributed by atoms with Crippen LogP contribution in [-0.2, 0) is 10.0 Å². The fourth-order valence-corrected chi connectivity index (χ4v) is 9.51. The molecule has 0 bridgehead atoms. The Morgan fingerprint density at radius 3 is 2.45 bits per heavy atom. The number of nitrogens with zero attached hydrogens (tertiary/aromatic N) is 5. The van der Waals surface area contributed by atoms with Crippen molar-refractivity contribution in [2.45, 2.75) is 101 Å². The molecule has 0 radical (unpaired) electrons. The maximum atomic E-state index is 14.3. The maximum Gasteiger partial charge on any atom is 0.257 e. The average molecular weight is 673 g/mol. The Kier molecular flexibility index (Phi) is 9.81. The minimum atomic E-state index is -3.25. The predicted molar refractivity (Wildman–Crippen MR) is 178 cm³/mol. The molecule has 1 aromatic carbocycles. The highest BCUT2D eigenvalue weighted by Gasteiger charge is 2.47. The van der Waals surface area contributed by atoms with Crippen molar-refractivity contribution in [1.29, 1.82) is 0 Å². The van der Waals surface area contributed by atoms with Gasteiger partial charge in [-0.1, -0.05) is 6.42 Å². The lowest BCUT2D eigenvalue weighted by Gasteiger charge is -2.55. The summed E-state index contributed by atoms with van der Waals surface area (Å²) in [6, 6.07) is 3.86. The number of aromatic nitrogens is 2. The molecule has 13 heteroatoms. The van der Waals surface area contributed by atoms with Gasteiger partial charge in [0.1, 0.15) is 17.9 Å². The lowest BCUT2D eigenvalue weighted by atomic mass is 9.71. The van der Waals surface area contributed by atoms with Gasteiger partial charge in [-0.25, -0.2) is 27.5 Å². The van der Waals surface area contributed by atoms with Crippen molar-refractivity contribution in [3.63, 3.8) is 0 Å². The second-order valence-electron chi connectivity index (χ2n) is 14.5. The van der Waals surface area contributed by atoms with Gasteiger partial charge in [-0.05, 0) is 103 Å². The average Bonchev–Trinajstić information content (AvgIpc) is 2.98. The zero-order chi connectivity index (χ0) is 33.4. The van der Waals surface area contributed by atoms with Crippen LogP contribution in [0.25, 0.3) is 0 Å². The zero-order valence-corrected chi connectivity index (χ0v) is 28.6. The number of ether oxygens (including phenoxy) is 1. The van der Waals surface area contributed by atoms with Gasteiger partial charge in [-0.15, -0.1) is 0 Å². The van der Waals surface area contributed by atoms with Crippen molar-refractivity contribution in [3.05, 3.63) is 42.1 Å². The third-order valence-corrected chi connectivity index (χ3v) is 12.8. The summed E-state index contributed by atoms with van der Waals surface area (Å²) in [4.78, 5) is 28.2. The van der Waals surface area contributed by atoms with Crippen LogP contribution in [0.5, 0.6) is 11.5 Å². The number of piperidine rings is 1. The lowest BCUT2D eigenvalue weighted by Crippen LogP contribution is -2.61. The van der Waals surface area contributed by atoms with E-state index in [0.29, 0.717) is 50.3 Å². The Balaban J connectivity index is 1.02. The van der Waals surface area contributed by atoms with Crippen LogP contribution < -0.4 is 14.4 Å². The molecule has 4 fully saturated rings. The van der Waals surface area contributed by atoms with E-state index in [9.17, 15) is 22.7 Å². The van der Waals surface area contributed by atoms with Gasteiger partial charge in [0.2, 0.25) is 10.0 Å². The predicted octanol–water partition coefficient (Wildman–Crippen LogP) is 4.33. The molecule has 0 unspecified atom stereocenters. The molecule has 2 aliphatic heterocycles. The first kappa shape index (κ1) is 34.0. The molecule has 2 aromatic rings. The standard InChI is InChI=1S/C34H49FN6O5S/c1-4-41(24(2)3)32(42)28-18-25(35)8-9-29(28)46-30-19-36-23-37-31(30)40-20-33(21-40)14-16-39(17-15-33)22-34(43)12-10-26(11-13-34)38-47(44,45)27-6-5-7-27/h8-9,18-19,23-24,26-27,38,43H,4-7,10-17,20-22H2,1-3H3. The molecule has 2 saturated heterocycles. The first-order valence-corrected chi connectivity index (χ1v) is 18.7. The van der Waals surface area contributed by atoms with Crippen molar-refractivity contribution in [3.8, 4) is 11.5 Å². The fourth-order valence-electron chi connectivity index (χ4n) is 7.67. The van der Waals surface area contributed by atoms with E-state index in [-0.39, 0.29) is 40.0 Å². The molecule has 1 amide bonds. The van der Waals surface area contributed by atoms with Gasteiger partial charge in [0, 0.05) is 43.7 Å². The van der Waals surface area contributed by atoms with Crippen LogP contribution in [0.2, 0.25) is 0 Å². The zero-order valence-electron chi connectivity index (χ0n) is 27.8. The van der Waals surface area contributed by atoms with Gasteiger partial charge < -0.3 is 24.5 Å². The molecule has 1 spiro atoms. The molecule has 6 rings (SSSR count). The Hall–Kier alpha value is -2.87. The SMILES string of the molecule is CCN(C(=O)c1cc(F)ccc1Oc1cncnc1N1CC2(CCN(CC3(O)CCC(NS(=O)(=O)C4CCC4)CC3)CC2)C1)C(C)C.